The minimum Gasteiger partial charge on any atom is -0.497 e. The van der Waals surface area contributed by atoms with E-state index in [2.05, 4.69) is 6.92 Å². The molecular formula is C29H44O6. The van der Waals surface area contributed by atoms with Crippen molar-refractivity contribution in [3.05, 3.63) is 29.8 Å². The van der Waals surface area contributed by atoms with E-state index < -0.39 is 10.8 Å². The highest BCUT2D eigenvalue weighted by atomic mass is 16.6. The molecule has 2 aliphatic rings. The Kier molecular flexibility index (Phi) is 7.95. The van der Waals surface area contributed by atoms with Gasteiger partial charge in [0.1, 0.15) is 18.0 Å². The van der Waals surface area contributed by atoms with Crippen molar-refractivity contribution in [2.24, 2.45) is 28.1 Å². The van der Waals surface area contributed by atoms with Crippen LogP contribution in [0.1, 0.15) is 85.6 Å². The molecule has 35 heavy (non-hydrogen) atoms. The van der Waals surface area contributed by atoms with E-state index in [0.717, 1.165) is 24.2 Å². The molecule has 0 aromatic heterocycles. The molecule has 6 nitrogen and oxygen atoms in total. The first-order valence-electron chi connectivity index (χ1n) is 12.9. The minimum absolute atomic E-state index is 0.0519. The van der Waals surface area contributed by atoms with Gasteiger partial charge in [0.05, 0.1) is 17.9 Å². The summed E-state index contributed by atoms with van der Waals surface area (Å²) in [5.41, 5.74) is -0.486. The first-order chi connectivity index (χ1) is 16.2. The third kappa shape index (κ3) is 5.68. The fourth-order valence-corrected chi connectivity index (χ4v) is 6.05. The molecule has 6 atom stereocenters. The fraction of sp³-hybridized carbons (Fsp3) is 0.724. The van der Waals surface area contributed by atoms with E-state index in [1.54, 1.807) is 7.11 Å². The van der Waals surface area contributed by atoms with E-state index in [1.165, 1.54) is 0 Å². The van der Waals surface area contributed by atoms with Crippen LogP contribution in [0.5, 0.6) is 5.75 Å². The van der Waals surface area contributed by atoms with E-state index in [9.17, 15) is 14.7 Å². The summed E-state index contributed by atoms with van der Waals surface area (Å²) in [6, 6.07) is 7.95. The summed E-state index contributed by atoms with van der Waals surface area (Å²) in [5.74, 6) is 0.587. The number of fused-ring (bicyclic) bond motifs is 1. The lowest BCUT2D eigenvalue weighted by atomic mass is 9.56. The number of rotatable bonds is 6. The summed E-state index contributed by atoms with van der Waals surface area (Å²) in [7, 11) is 1.64. The molecule has 0 bridgehead atoms. The van der Waals surface area contributed by atoms with Gasteiger partial charge in [0, 0.05) is 17.9 Å². The molecule has 0 heterocycles. The minimum atomic E-state index is -0.636. The van der Waals surface area contributed by atoms with Gasteiger partial charge in [-0.05, 0) is 96.8 Å². The number of carbonyl (C=O) groups excluding carboxylic acids is 2. The second kappa shape index (κ2) is 10.1. The number of ether oxygens (including phenoxy) is 3. The lowest BCUT2D eigenvalue weighted by Crippen LogP contribution is -2.52. The Morgan fingerprint density at radius 1 is 0.971 bits per heavy atom. The normalized spacial score (nSPS) is 30.9. The predicted octanol–water partition coefficient (Wildman–Crippen LogP) is 5.51. The van der Waals surface area contributed by atoms with Gasteiger partial charge in [0.25, 0.3) is 0 Å². The van der Waals surface area contributed by atoms with Crippen LogP contribution in [-0.2, 0) is 19.1 Å². The van der Waals surface area contributed by atoms with E-state index in [0.29, 0.717) is 12.8 Å². The zero-order valence-corrected chi connectivity index (χ0v) is 22.7. The molecule has 2 unspecified atom stereocenters. The number of methoxy groups -OCH3 is 1. The van der Waals surface area contributed by atoms with E-state index in [1.807, 2.05) is 65.8 Å². The highest BCUT2D eigenvalue weighted by Crippen LogP contribution is 2.61. The summed E-state index contributed by atoms with van der Waals surface area (Å²) < 4.78 is 17.7. The average molecular weight is 489 g/mol. The Labute approximate surface area is 210 Å². The number of esters is 2. The molecule has 1 aromatic carbocycles. The van der Waals surface area contributed by atoms with E-state index in [-0.39, 0.29) is 53.9 Å². The molecule has 2 saturated carbocycles. The van der Waals surface area contributed by atoms with Crippen LogP contribution in [0.15, 0.2) is 24.3 Å². The molecule has 0 amide bonds. The second-order valence-electron chi connectivity index (χ2n) is 12.7. The summed E-state index contributed by atoms with van der Waals surface area (Å²) in [5, 5.41) is 10.1. The maximum absolute atomic E-state index is 13.1. The van der Waals surface area contributed by atoms with Gasteiger partial charge in [-0.3, -0.25) is 9.59 Å². The van der Waals surface area contributed by atoms with Crippen LogP contribution in [0.4, 0.5) is 0 Å². The largest absolute Gasteiger partial charge is 0.497 e. The smallest absolute Gasteiger partial charge is 0.311 e. The van der Waals surface area contributed by atoms with Gasteiger partial charge in [0.2, 0.25) is 0 Å². The first-order valence-corrected chi connectivity index (χ1v) is 12.9. The number of benzene rings is 1. The van der Waals surface area contributed by atoms with Gasteiger partial charge in [-0.15, -0.1) is 0 Å². The summed E-state index contributed by atoms with van der Waals surface area (Å²) in [4.78, 5) is 25.9. The number of hydrogen-bond acceptors (Lipinski definition) is 6. The van der Waals surface area contributed by atoms with Crippen molar-refractivity contribution in [2.45, 2.75) is 92.3 Å². The Balaban J connectivity index is 2.03. The van der Waals surface area contributed by atoms with Crippen molar-refractivity contribution < 1.29 is 28.9 Å². The molecule has 0 saturated heterocycles. The number of carbonyl (C=O) groups is 2. The molecule has 0 spiro atoms. The van der Waals surface area contributed by atoms with Crippen molar-refractivity contribution in [3.63, 3.8) is 0 Å². The predicted molar refractivity (Wildman–Crippen MR) is 135 cm³/mol. The lowest BCUT2D eigenvalue weighted by molar-refractivity contribution is -0.180. The summed E-state index contributed by atoms with van der Waals surface area (Å²) >= 11 is 0. The Morgan fingerprint density at radius 2 is 1.54 bits per heavy atom. The molecule has 1 aromatic rings. The summed E-state index contributed by atoms with van der Waals surface area (Å²) in [6.45, 7) is 13.4. The Bertz CT molecular complexity index is 893. The second-order valence-corrected chi connectivity index (χ2v) is 12.7. The van der Waals surface area contributed by atoms with Gasteiger partial charge in [-0.25, -0.2) is 0 Å². The third-order valence-corrected chi connectivity index (χ3v) is 8.04. The van der Waals surface area contributed by atoms with Crippen molar-refractivity contribution >= 4 is 11.9 Å². The van der Waals surface area contributed by atoms with Crippen LogP contribution < -0.4 is 4.74 Å². The average Bonchev–Trinajstić information content (AvgIpc) is 3.08. The van der Waals surface area contributed by atoms with Gasteiger partial charge < -0.3 is 19.3 Å². The lowest BCUT2D eigenvalue weighted by Gasteiger charge is -2.51. The monoisotopic (exact) mass is 488 g/mol. The number of hydrogen-bond donors (Lipinski definition) is 1. The Morgan fingerprint density at radius 3 is 2.06 bits per heavy atom. The van der Waals surface area contributed by atoms with Crippen molar-refractivity contribution in [1.29, 1.82) is 0 Å². The van der Waals surface area contributed by atoms with Gasteiger partial charge in [-0.1, -0.05) is 19.1 Å². The van der Waals surface area contributed by atoms with Crippen LogP contribution in [-0.4, -0.2) is 43.0 Å². The summed E-state index contributed by atoms with van der Waals surface area (Å²) in [6.07, 6.45) is 2.27. The van der Waals surface area contributed by atoms with Crippen LogP contribution in [0.3, 0.4) is 0 Å². The van der Waals surface area contributed by atoms with Crippen molar-refractivity contribution in [2.75, 3.05) is 13.7 Å². The standard InChI is InChI=1S/C29H44O6/c1-27(2,3)25(31)34-22-17-29(7)21(13-14-23(29)35-26(32)28(4,5)6)20(15-16-30)24(22)18-9-11-19(33-8)12-10-18/h9-12,20-24,30H,13-17H2,1-8H3/t20?,21-,22+,23-,24?,29-/m0/s1. The Hall–Kier alpha value is -2.08. The van der Waals surface area contributed by atoms with Crippen LogP contribution >= 0.6 is 0 Å². The SMILES string of the molecule is COc1ccc(C2C(CCO)[C@@H]3CC[C@H](OC(=O)C(C)(C)C)[C@@]3(C)C[C@H]2OC(=O)C(C)(C)C)cc1. The van der Waals surface area contributed by atoms with Gasteiger partial charge in [-0.2, -0.15) is 0 Å². The zero-order chi connectivity index (χ0) is 26.2. The first kappa shape index (κ1) is 27.5. The maximum Gasteiger partial charge on any atom is 0.311 e. The number of aliphatic hydroxyl groups is 1. The quantitative estimate of drug-likeness (QED) is 0.532. The van der Waals surface area contributed by atoms with E-state index in [4.69, 9.17) is 14.2 Å². The molecule has 2 fully saturated rings. The molecular weight excluding hydrogens is 444 g/mol. The number of aliphatic hydroxyl groups excluding tert-OH is 1. The molecule has 0 aliphatic heterocycles. The maximum atomic E-state index is 13.1. The van der Waals surface area contributed by atoms with Crippen molar-refractivity contribution in [1.82, 2.24) is 0 Å². The van der Waals surface area contributed by atoms with Crippen LogP contribution in [0.25, 0.3) is 0 Å². The molecule has 196 valence electrons. The van der Waals surface area contributed by atoms with Gasteiger partial charge in [0.15, 0.2) is 0 Å². The van der Waals surface area contributed by atoms with E-state index >= 15 is 0 Å². The van der Waals surface area contributed by atoms with Crippen LogP contribution in [0, 0.1) is 28.1 Å². The van der Waals surface area contributed by atoms with Gasteiger partial charge >= 0.3 is 11.9 Å². The highest BCUT2D eigenvalue weighted by Gasteiger charge is 2.59. The van der Waals surface area contributed by atoms with Crippen molar-refractivity contribution in [3.8, 4) is 5.75 Å². The highest BCUT2D eigenvalue weighted by molar-refractivity contribution is 5.76. The molecule has 3 rings (SSSR count). The molecule has 6 heteroatoms. The van der Waals surface area contributed by atoms with Crippen LogP contribution in [0.2, 0.25) is 0 Å². The molecule has 1 N–H and O–H groups in total. The fourth-order valence-electron chi connectivity index (χ4n) is 6.05. The topological polar surface area (TPSA) is 82.1 Å². The third-order valence-electron chi connectivity index (χ3n) is 8.04. The molecule has 0 radical (unpaired) electrons. The molecule has 2 aliphatic carbocycles. The zero-order valence-electron chi connectivity index (χ0n) is 22.7.